The second kappa shape index (κ2) is 4.56. The van der Waals surface area contributed by atoms with E-state index < -0.39 is 0 Å². The Morgan fingerprint density at radius 1 is 1.23 bits per heavy atom. The molecule has 0 saturated heterocycles. The van der Waals surface area contributed by atoms with Gasteiger partial charge in [-0.2, -0.15) is 11.8 Å². The van der Waals surface area contributed by atoms with Crippen molar-refractivity contribution in [1.29, 1.82) is 0 Å². The van der Waals surface area contributed by atoms with Crippen molar-refractivity contribution in [2.24, 2.45) is 0 Å². The third-order valence-electron chi connectivity index (χ3n) is 2.02. The fraction of sp³-hybridized carbons (Fsp3) is 0.455. The normalized spacial score (nSPS) is 10.4. The zero-order valence-corrected chi connectivity index (χ0v) is 9.24. The van der Waals surface area contributed by atoms with Gasteiger partial charge in [0.2, 0.25) is 0 Å². The molecule has 0 fully saturated rings. The molecule has 1 N–H and O–H groups in total. The quantitative estimate of drug-likeness (QED) is 0.800. The predicted octanol–water partition coefficient (Wildman–Crippen LogP) is 3.26. The Labute approximate surface area is 84.2 Å². The molecule has 0 aliphatic rings. The molecule has 0 atom stereocenters. The lowest BCUT2D eigenvalue weighted by Crippen LogP contribution is -1.87. The standard InChI is InChI=1S/C11H16OS/c1-4-13-7-10-5-8(2)11(12)9(3)6-10/h5-6,12H,4,7H2,1-3H3. The molecule has 0 unspecified atom stereocenters. The zero-order chi connectivity index (χ0) is 9.84. The van der Waals surface area contributed by atoms with Gasteiger partial charge >= 0.3 is 0 Å². The number of hydrogen-bond acceptors (Lipinski definition) is 2. The van der Waals surface area contributed by atoms with Gasteiger partial charge in [-0.05, 0) is 36.3 Å². The molecule has 0 spiro atoms. The minimum Gasteiger partial charge on any atom is -0.507 e. The van der Waals surface area contributed by atoms with Crippen molar-refractivity contribution in [3.05, 3.63) is 28.8 Å². The van der Waals surface area contributed by atoms with E-state index in [1.54, 1.807) is 0 Å². The first-order chi connectivity index (χ1) is 6.15. The molecule has 1 nitrogen and oxygen atoms in total. The molecule has 13 heavy (non-hydrogen) atoms. The number of phenolic OH excluding ortho intramolecular Hbond substituents is 1. The largest absolute Gasteiger partial charge is 0.507 e. The van der Waals surface area contributed by atoms with E-state index in [-0.39, 0.29) is 0 Å². The van der Waals surface area contributed by atoms with Crippen LogP contribution in [0.2, 0.25) is 0 Å². The van der Waals surface area contributed by atoms with E-state index in [0.717, 1.165) is 22.6 Å². The van der Waals surface area contributed by atoms with Gasteiger partial charge in [-0.15, -0.1) is 0 Å². The summed E-state index contributed by atoms with van der Waals surface area (Å²) in [5.74, 6) is 2.61. The summed E-state index contributed by atoms with van der Waals surface area (Å²) in [6, 6.07) is 4.12. The Bertz CT molecular complexity index is 271. The molecule has 0 radical (unpaired) electrons. The number of thioether (sulfide) groups is 1. The van der Waals surface area contributed by atoms with E-state index in [0.29, 0.717) is 5.75 Å². The smallest absolute Gasteiger partial charge is 0.121 e. The van der Waals surface area contributed by atoms with E-state index in [9.17, 15) is 5.11 Å². The summed E-state index contributed by atoms with van der Waals surface area (Å²) < 4.78 is 0. The first-order valence-electron chi connectivity index (χ1n) is 4.52. The molecular weight excluding hydrogens is 180 g/mol. The first-order valence-corrected chi connectivity index (χ1v) is 5.67. The van der Waals surface area contributed by atoms with Crippen LogP contribution in [0.25, 0.3) is 0 Å². The maximum atomic E-state index is 9.55. The van der Waals surface area contributed by atoms with E-state index in [2.05, 4.69) is 19.1 Å². The van der Waals surface area contributed by atoms with Gasteiger partial charge in [0.25, 0.3) is 0 Å². The van der Waals surface area contributed by atoms with Crippen molar-refractivity contribution in [3.63, 3.8) is 0 Å². The Morgan fingerprint density at radius 3 is 2.23 bits per heavy atom. The highest BCUT2D eigenvalue weighted by molar-refractivity contribution is 7.98. The third-order valence-corrected chi connectivity index (χ3v) is 2.97. The van der Waals surface area contributed by atoms with Crippen molar-refractivity contribution < 1.29 is 5.11 Å². The first kappa shape index (κ1) is 10.5. The van der Waals surface area contributed by atoms with Crippen molar-refractivity contribution in [3.8, 4) is 5.75 Å². The molecule has 0 saturated carbocycles. The summed E-state index contributed by atoms with van der Waals surface area (Å²) in [7, 11) is 0. The maximum absolute atomic E-state index is 9.55. The van der Waals surface area contributed by atoms with Crippen molar-refractivity contribution >= 4 is 11.8 Å². The SMILES string of the molecule is CCSCc1cc(C)c(O)c(C)c1. The van der Waals surface area contributed by atoms with Crippen LogP contribution in [0.5, 0.6) is 5.75 Å². The minimum absolute atomic E-state index is 0.435. The second-order valence-electron chi connectivity index (χ2n) is 3.22. The Hall–Kier alpha value is -0.630. The summed E-state index contributed by atoms with van der Waals surface area (Å²) in [5, 5.41) is 9.55. The summed E-state index contributed by atoms with van der Waals surface area (Å²) in [4.78, 5) is 0. The molecular formula is C11H16OS. The van der Waals surface area contributed by atoms with Crippen LogP contribution in [-0.2, 0) is 5.75 Å². The Kier molecular flexibility index (Phi) is 3.67. The van der Waals surface area contributed by atoms with E-state index >= 15 is 0 Å². The molecule has 0 aliphatic carbocycles. The molecule has 0 aromatic heterocycles. The molecule has 1 aromatic carbocycles. The van der Waals surface area contributed by atoms with Crippen molar-refractivity contribution in [1.82, 2.24) is 0 Å². The fourth-order valence-electron chi connectivity index (χ4n) is 1.35. The maximum Gasteiger partial charge on any atom is 0.121 e. The topological polar surface area (TPSA) is 20.2 Å². The van der Waals surface area contributed by atoms with Gasteiger partial charge in [0.05, 0.1) is 0 Å². The van der Waals surface area contributed by atoms with Crippen LogP contribution in [0.3, 0.4) is 0 Å². The summed E-state index contributed by atoms with van der Waals surface area (Å²) >= 11 is 1.90. The zero-order valence-electron chi connectivity index (χ0n) is 8.42. The van der Waals surface area contributed by atoms with Crippen LogP contribution >= 0.6 is 11.8 Å². The fourth-order valence-corrected chi connectivity index (χ4v) is 1.96. The van der Waals surface area contributed by atoms with Crippen LogP contribution < -0.4 is 0 Å². The van der Waals surface area contributed by atoms with Gasteiger partial charge in [0.15, 0.2) is 0 Å². The molecule has 72 valence electrons. The van der Waals surface area contributed by atoms with Crippen molar-refractivity contribution in [2.75, 3.05) is 5.75 Å². The van der Waals surface area contributed by atoms with Gasteiger partial charge in [0, 0.05) is 5.75 Å². The van der Waals surface area contributed by atoms with E-state index in [4.69, 9.17) is 0 Å². The molecule has 1 rings (SSSR count). The van der Waals surface area contributed by atoms with Gasteiger partial charge in [-0.25, -0.2) is 0 Å². The van der Waals surface area contributed by atoms with Gasteiger partial charge < -0.3 is 5.11 Å². The van der Waals surface area contributed by atoms with Crippen LogP contribution in [0.15, 0.2) is 12.1 Å². The highest BCUT2D eigenvalue weighted by atomic mass is 32.2. The lowest BCUT2D eigenvalue weighted by molar-refractivity contribution is 0.466. The predicted molar refractivity (Wildman–Crippen MR) is 59.4 cm³/mol. The summed E-state index contributed by atoms with van der Waals surface area (Å²) in [5.41, 5.74) is 3.26. The number of benzene rings is 1. The monoisotopic (exact) mass is 196 g/mol. The molecule has 0 heterocycles. The van der Waals surface area contributed by atoms with Crippen LogP contribution in [0, 0.1) is 13.8 Å². The Morgan fingerprint density at radius 2 is 1.77 bits per heavy atom. The van der Waals surface area contributed by atoms with E-state index in [1.807, 2.05) is 25.6 Å². The van der Waals surface area contributed by atoms with Gasteiger partial charge in [-0.1, -0.05) is 19.1 Å². The van der Waals surface area contributed by atoms with Crippen LogP contribution in [0.1, 0.15) is 23.6 Å². The Balaban J connectivity index is 2.86. The highest BCUT2D eigenvalue weighted by Crippen LogP contribution is 2.24. The van der Waals surface area contributed by atoms with E-state index in [1.165, 1.54) is 5.56 Å². The molecule has 0 aliphatic heterocycles. The average molecular weight is 196 g/mol. The number of rotatable bonds is 3. The lowest BCUT2D eigenvalue weighted by Gasteiger charge is -2.06. The summed E-state index contributed by atoms with van der Waals surface area (Å²) in [6.07, 6.45) is 0. The highest BCUT2D eigenvalue weighted by Gasteiger charge is 2.02. The summed E-state index contributed by atoms with van der Waals surface area (Å²) in [6.45, 7) is 6.05. The minimum atomic E-state index is 0.435. The van der Waals surface area contributed by atoms with Crippen LogP contribution in [0.4, 0.5) is 0 Å². The number of phenols is 1. The van der Waals surface area contributed by atoms with Gasteiger partial charge in [-0.3, -0.25) is 0 Å². The molecule has 1 aromatic rings. The molecule has 2 heteroatoms. The number of hydrogen-bond donors (Lipinski definition) is 1. The lowest BCUT2D eigenvalue weighted by atomic mass is 10.1. The van der Waals surface area contributed by atoms with Gasteiger partial charge in [0.1, 0.15) is 5.75 Å². The number of aromatic hydroxyl groups is 1. The molecule has 0 bridgehead atoms. The third kappa shape index (κ3) is 2.66. The van der Waals surface area contributed by atoms with Crippen LogP contribution in [-0.4, -0.2) is 10.9 Å². The average Bonchev–Trinajstić information content (AvgIpc) is 2.10. The molecule has 0 amide bonds. The van der Waals surface area contributed by atoms with Crippen molar-refractivity contribution in [2.45, 2.75) is 26.5 Å². The number of aryl methyl sites for hydroxylation is 2. The second-order valence-corrected chi connectivity index (χ2v) is 4.49.